The van der Waals surface area contributed by atoms with Crippen LogP contribution in [0.15, 0.2) is 18.2 Å². The lowest BCUT2D eigenvalue weighted by Crippen LogP contribution is -2.39. The number of carbonyl (C=O) groups excluding carboxylic acids is 1. The molecule has 0 aliphatic rings. The Morgan fingerprint density at radius 2 is 2.00 bits per heavy atom. The molecular weight excluding hydrogens is 273 g/mol. The summed E-state index contributed by atoms with van der Waals surface area (Å²) in [7, 11) is 1.18. The molecule has 1 rings (SSSR count). The first kappa shape index (κ1) is 16.1. The van der Waals surface area contributed by atoms with Crippen LogP contribution in [-0.2, 0) is 4.74 Å². The molecule has 0 saturated carbocycles. The molecule has 1 aromatic rings. The third-order valence-electron chi connectivity index (χ3n) is 2.75. The van der Waals surface area contributed by atoms with Crippen LogP contribution in [0.25, 0.3) is 0 Å². The fourth-order valence-electron chi connectivity index (χ4n) is 1.77. The van der Waals surface area contributed by atoms with Crippen molar-refractivity contribution in [2.75, 3.05) is 24.3 Å². The van der Waals surface area contributed by atoms with Crippen LogP contribution in [-0.4, -0.2) is 31.8 Å². The van der Waals surface area contributed by atoms with E-state index in [1.165, 1.54) is 25.3 Å². The maximum absolute atomic E-state index is 12.6. The molecule has 0 fully saturated rings. The molecular formula is C13H17F3N2O2. The Labute approximate surface area is 115 Å². The van der Waals surface area contributed by atoms with Crippen molar-refractivity contribution < 1.29 is 22.7 Å². The van der Waals surface area contributed by atoms with E-state index in [4.69, 9.17) is 5.73 Å². The summed E-state index contributed by atoms with van der Waals surface area (Å²) in [6.07, 6.45) is -4.34. The number of halogens is 3. The third kappa shape index (κ3) is 4.04. The molecule has 0 aliphatic carbocycles. The van der Waals surface area contributed by atoms with Crippen molar-refractivity contribution in [3.05, 3.63) is 23.8 Å². The summed E-state index contributed by atoms with van der Waals surface area (Å²) in [6, 6.07) is 3.78. The average Bonchev–Trinajstić information content (AvgIpc) is 2.34. The second-order valence-electron chi connectivity index (χ2n) is 4.60. The lowest BCUT2D eigenvalue weighted by molar-refractivity contribution is -0.120. The van der Waals surface area contributed by atoms with Gasteiger partial charge in [-0.15, -0.1) is 0 Å². The highest BCUT2D eigenvalue weighted by molar-refractivity contribution is 5.96. The first-order valence-electron chi connectivity index (χ1n) is 5.97. The maximum Gasteiger partial charge on any atom is 0.405 e. The monoisotopic (exact) mass is 290 g/mol. The van der Waals surface area contributed by atoms with Crippen molar-refractivity contribution in [2.24, 2.45) is 0 Å². The molecule has 0 heterocycles. The van der Waals surface area contributed by atoms with Crippen LogP contribution in [0.2, 0.25) is 0 Å². The number of hydrogen-bond donors (Lipinski definition) is 1. The van der Waals surface area contributed by atoms with Crippen LogP contribution in [0.4, 0.5) is 24.5 Å². The molecule has 0 saturated heterocycles. The van der Waals surface area contributed by atoms with Gasteiger partial charge in [0, 0.05) is 17.4 Å². The Balaban J connectivity index is 3.18. The number of methoxy groups -OCH3 is 1. The minimum absolute atomic E-state index is 0.0535. The van der Waals surface area contributed by atoms with E-state index in [9.17, 15) is 18.0 Å². The minimum atomic E-state index is -4.34. The molecule has 7 heteroatoms. The largest absolute Gasteiger partial charge is 0.465 e. The zero-order chi connectivity index (χ0) is 15.5. The van der Waals surface area contributed by atoms with Crippen molar-refractivity contribution in [1.29, 1.82) is 0 Å². The van der Waals surface area contributed by atoms with E-state index in [1.807, 2.05) is 0 Å². The zero-order valence-electron chi connectivity index (χ0n) is 11.5. The number of hydrogen-bond acceptors (Lipinski definition) is 4. The fourth-order valence-corrected chi connectivity index (χ4v) is 1.77. The summed E-state index contributed by atoms with van der Waals surface area (Å²) in [4.78, 5) is 12.7. The lowest BCUT2D eigenvalue weighted by atomic mass is 10.1. The van der Waals surface area contributed by atoms with Crippen molar-refractivity contribution in [2.45, 2.75) is 26.1 Å². The number of nitrogens with zero attached hydrogens (tertiary/aromatic N) is 1. The Kier molecular flexibility index (Phi) is 4.86. The van der Waals surface area contributed by atoms with Crippen molar-refractivity contribution in [1.82, 2.24) is 0 Å². The van der Waals surface area contributed by atoms with Crippen molar-refractivity contribution in [3.8, 4) is 0 Å². The van der Waals surface area contributed by atoms with E-state index in [0.717, 1.165) is 4.90 Å². The summed E-state index contributed by atoms with van der Waals surface area (Å²) >= 11 is 0. The molecule has 20 heavy (non-hydrogen) atoms. The minimum Gasteiger partial charge on any atom is -0.465 e. The van der Waals surface area contributed by atoms with Gasteiger partial charge >= 0.3 is 12.1 Å². The molecule has 0 amide bonds. The van der Waals surface area contributed by atoms with Crippen LogP contribution >= 0.6 is 0 Å². The van der Waals surface area contributed by atoms with Gasteiger partial charge in [0.1, 0.15) is 6.54 Å². The number of rotatable bonds is 4. The van der Waals surface area contributed by atoms with Gasteiger partial charge in [0.25, 0.3) is 0 Å². The number of esters is 1. The number of alkyl halides is 3. The topological polar surface area (TPSA) is 55.6 Å². The summed E-state index contributed by atoms with van der Waals surface area (Å²) in [5.41, 5.74) is 6.11. The predicted molar refractivity (Wildman–Crippen MR) is 70.7 cm³/mol. The zero-order valence-corrected chi connectivity index (χ0v) is 11.5. The van der Waals surface area contributed by atoms with Crippen LogP contribution in [0.5, 0.6) is 0 Å². The number of anilines is 2. The molecule has 4 nitrogen and oxygen atoms in total. The van der Waals surface area contributed by atoms with Gasteiger partial charge in [-0.3, -0.25) is 0 Å². The molecule has 0 unspecified atom stereocenters. The quantitative estimate of drug-likeness (QED) is 0.684. The van der Waals surface area contributed by atoms with Crippen LogP contribution < -0.4 is 10.6 Å². The van der Waals surface area contributed by atoms with E-state index in [0.29, 0.717) is 0 Å². The second kappa shape index (κ2) is 6.02. The number of carbonyl (C=O) groups is 1. The highest BCUT2D eigenvalue weighted by atomic mass is 19.4. The van der Waals surface area contributed by atoms with Gasteiger partial charge in [0.2, 0.25) is 0 Å². The molecule has 0 aliphatic heterocycles. The molecule has 0 bridgehead atoms. The first-order valence-corrected chi connectivity index (χ1v) is 5.97. The first-order chi connectivity index (χ1) is 9.15. The molecule has 0 atom stereocenters. The normalized spacial score (nSPS) is 11.6. The van der Waals surface area contributed by atoms with E-state index in [1.54, 1.807) is 13.8 Å². The van der Waals surface area contributed by atoms with Crippen LogP contribution in [0.1, 0.15) is 24.2 Å². The highest BCUT2D eigenvalue weighted by Crippen LogP contribution is 2.27. The number of ether oxygens (including phenoxy) is 1. The lowest BCUT2D eigenvalue weighted by Gasteiger charge is -2.30. The van der Waals surface area contributed by atoms with Gasteiger partial charge in [-0.05, 0) is 32.0 Å². The molecule has 112 valence electrons. The number of nitrogen functional groups attached to an aromatic ring is 1. The SMILES string of the molecule is COC(=O)c1cc(N(CC(F)(F)F)C(C)C)ccc1N. The van der Waals surface area contributed by atoms with E-state index < -0.39 is 18.7 Å². The molecule has 2 N–H and O–H groups in total. The summed E-state index contributed by atoms with van der Waals surface area (Å²) in [5.74, 6) is -0.680. The van der Waals surface area contributed by atoms with Crippen molar-refractivity contribution in [3.63, 3.8) is 0 Å². The summed E-state index contributed by atoms with van der Waals surface area (Å²) in [6.45, 7) is 2.18. The smallest absolute Gasteiger partial charge is 0.405 e. The highest BCUT2D eigenvalue weighted by Gasteiger charge is 2.32. The Hall–Kier alpha value is -1.92. The number of benzene rings is 1. The summed E-state index contributed by atoms with van der Waals surface area (Å²) in [5, 5.41) is 0. The Bertz CT molecular complexity index is 487. The predicted octanol–water partition coefficient (Wildman–Crippen LogP) is 2.83. The van der Waals surface area contributed by atoms with Crippen molar-refractivity contribution >= 4 is 17.3 Å². The maximum atomic E-state index is 12.6. The molecule has 1 aromatic carbocycles. The van der Waals surface area contributed by atoms with E-state index in [-0.39, 0.29) is 23.0 Å². The van der Waals surface area contributed by atoms with Gasteiger partial charge < -0.3 is 15.4 Å². The van der Waals surface area contributed by atoms with Crippen LogP contribution in [0, 0.1) is 0 Å². The van der Waals surface area contributed by atoms with Gasteiger partial charge in [-0.2, -0.15) is 13.2 Å². The standard InChI is InChI=1S/C13H17F3N2O2/c1-8(2)18(7-13(14,15)16)9-4-5-11(17)10(6-9)12(19)20-3/h4-6,8H,7,17H2,1-3H3. The molecule has 0 aromatic heterocycles. The second-order valence-corrected chi connectivity index (χ2v) is 4.60. The van der Waals surface area contributed by atoms with Gasteiger partial charge in [0.05, 0.1) is 12.7 Å². The molecule has 0 spiro atoms. The Morgan fingerprint density at radius 3 is 2.45 bits per heavy atom. The van der Waals surface area contributed by atoms with Gasteiger partial charge in [0.15, 0.2) is 0 Å². The van der Waals surface area contributed by atoms with Gasteiger partial charge in [-0.1, -0.05) is 0 Å². The van der Waals surface area contributed by atoms with Gasteiger partial charge in [-0.25, -0.2) is 4.79 Å². The molecule has 0 radical (unpaired) electrons. The van der Waals surface area contributed by atoms with Crippen LogP contribution in [0.3, 0.4) is 0 Å². The van der Waals surface area contributed by atoms with E-state index in [2.05, 4.69) is 4.74 Å². The fraction of sp³-hybridized carbons (Fsp3) is 0.462. The van der Waals surface area contributed by atoms with E-state index >= 15 is 0 Å². The Morgan fingerprint density at radius 1 is 1.40 bits per heavy atom. The summed E-state index contributed by atoms with van der Waals surface area (Å²) < 4.78 is 42.3. The third-order valence-corrected chi connectivity index (χ3v) is 2.75. The average molecular weight is 290 g/mol. The number of nitrogens with two attached hydrogens (primary N) is 1.